The molecule has 1 N–H and O–H groups in total. The molecule has 2 atom stereocenters. The highest BCUT2D eigenvalue weighted by Gasteiger charge is 2.29. The minimum Gasteiger partial charge on any atom is -0.480 e. The zero-order chi connectivity index (χ0) is 16.9. The predicted molar refractivity (Wildman–Crippen MR) is 88.9 cm³/mol. The van der Waals surface area contributed by atoms with Crippen molar-refractivity contribution in [2.75, 3.05) is 0 Å². The average Bonchev–Trinajstić information content (AvgIpc) is 2.42. The van der Waals surface area contributed by atoms with Gasteiger partial charge in [-0.3, -0.25) is 4.79 Å². The summed E-state index contributed by atoms with van der Waals surface area (Å²) in [7, 11) is 0. The number of carbonyl (C=O) groups excluding carboxylic acids is 1. The Morgan fingerprint density at radius 3 is 2.23 bits per heavy atom. The highest BCUT2D eigenvalue weighted by molar-refractivity contribution is 8.01. The first-order valence-electron chi connectivity index (χ1n) is 6.97. The van der Waals surface area contributed by atoms with Crippen LogP contribution in [0.15, 0.2) is 42.5 Å². The molecule has 1 rings (SSSR count). The fourth-order valence-corrected chi connectivity index (χ4v) is 2.80. The Bertz CT molecular complexity index is 546. The van der Waals surface area contributed by atoms with Crippen LogP contribution in [0.3, 0.4) is 0 Å². The van der Waals surface area contributed by atoms with Gasteiger partial charge in [-0.1, -0.05) is 36.9 Å². The molecule has 1 aromatic rings. The lowest BCUT2D eigenvalue weighted by Gasteiger charge is -2.25. The van der Waals surface area contributed by atoms with Gasteiger partial charge in [0.25, 0.3) is 0 Å². The van der Waals surface area contributed by atoms with Gasteiger partial charge in [-0.25, -0.2) is 4.79 Å². The maximum atomic E-state index is 12.2. The summed E-state index contributed by atoms with van der Waals surface area (Å²) >= 11 is 1.17. The number of hydrogen-bond acceptors (Lipinski definition) is 4. The van der Waals surface area contributed by atoms with Crippen molar-refractivity contribution in [3.05, 3.63) is 48.0 Å². The van der Waals surface area contributed by atoms with Crippen LogP contribution in [0.2, 0.25) is 0 Å². The van der Waals surface area contributed by atoms with Gasteiger partial charge in [0.15, 0.2) is 0 Å². The molecule has 0 heterocycles. The zero-order valence-electron chi connectivity index (χ0n) is 13.3. The number of ether oxygens (including phenoxy) is 1. The van der Waals surface area contributed by atoms with E-state index < -0.39 is 28.0 Å². The molecule has 0 bridgehead atoms. The van der Waals surface area contributed by atoms with Crippen LogP contribution in [0.4, 0.5) is 0 Å². The van der Waals surface area contributed by atoms with E-state index in [4.69, 9.17) is 9.84 Å². The van der Waals surface area contributed by atoms with Crippen molar-refractivity contribution in [3.8, 4) is 0 Å². The minimum atomic E-state index is -0.928. The van der Waals surface area contributed by atoms with E-state index in [1.54, 1.807) is 27.7 Å². The Hall–Kier alpha value is -1.75. The van der Waals surface area contributed by atoms with Crippen molar-refractivity contribution >= 4 is 23.7 Å². The lowest BCUT2D eigenvalue weighted by Crippen LogP contribution is -2.26. The quantitative estimate of drug-likeness (QED) is 0.637. The van der Waals surface area contributed by atoms with Crippen LogP contribution in [0.5, 0.6) is 0 Å². The highest BCUT2D eigenvalue weighted by atomic mass is 32.2. The SMILES string of the molecule is C=C(C(=O)OC(C)(C)C)C(SC(C)C(=O)O)c1ccccc1. The molecule has 0 fully saturated rings. The Morgan fingerprint density at radius 1 is 1.23 bits per heavy atom. The molecular formula is C17H22O4S. The Morgan fingerprint density at radius 2 is 1.77 bits per heavy atom. The van der Waals surface area contributed by atoms with Crippen molar-refractivity contribution in [2.45, 2.75) is 43.8 Å². The van der Waals surface area contributed by atoms with Gasteiger partial charge in [-0.2, -0.15) is 0 Å². The van der Waals surface area contributed by atoms with Crippen LogP contribution in [-0.2, 0) is 14.3 Å². The largest absolute Gasteiger partial charge is 0.480 e. The number of esters is 1. The summed E-state index contributed by atoms with van der Waals surface area (Å²) < 4.78 is 5.34. The summed E-state index contributed by atoms with van der Waals surface area (Å²) in [5, 5.41) is 8.00. The van der Waals surface area contributed by atoms with Crippen LogP contribution in [0, 0.1) is 0 Å². The molecule has 120 valence electrons. The van der Waals surface area contributed by atoms with Gasteiger partial charge in [-0.05, 0) is 33.3 Å². The number of rotatable bonds is 6. The van der Waals surface area contributed by atoms with Crippen LogP contribution in [-0.4, -0.2) is 27.9 Å². The van der Waals surface area contributed by atoms with Gasteiger partial charge in [0.05, 0.1) is 5.25 Å². The normalized spacial score (nSPS) is 14.0. The summed E-state index contributed by atoms with van der Waals surface area (Å²) in [5.41, 5.74) is 0.459. The molecular weight excluding hydrogens is 300 g/mol. The van der Waals surface area contributed by atoms with E-state index in [9.17, 15) is 9.59 Å². The molecule has 4 nitrogen and oxygen atoms in total. The lowest BCUT2D eigenvalue weighted by molar-refractivity contribution is -0.150. The maximum Gasteiger partial charge on any atom is 0.335 e. The van der Waals surface area contributed by atoms with Crippen LogP contribution >= 0.6 is 11.8 Å². The average molecular weight is 322 g/mol. The van der Waals surface area contributed by atoms with Crippen molar-refractivity contribution in [2.24, 2.45) is 0 Å². The minimum absolute atomic E-state index is 0.249. The van der Waals surface area contributed by atoms with E-state index in [-0.39, 0.29) is 5.57 Å². The molecule has 0 spiro atoms. The third kappa shape index (κ3) is 5.56. The van der Waals surface area contributed by atoms with Crippen LogP contribution < -0.4 is 0 Å². The number of carboxylic acids is 1. The van der Waals surface area contributed by atoms with Gasteiger partial charge < -0.3 is 9.84 Å². The van der Waals surface area contributed by atoms with Crippen molar-refractivity contribution in [1.29, 1.82) is 0 Å². The molecule has 0 aromatic heterocycles. The molecule has 0 radical (unpaired) electrons. The fraction of sp³-hybridized carbons (Fsp3) is 0.412. The fourth-order valence-electron chi connectivity index (χ4n) is 1.70. The molecule has 0 aliphatic carbocycles. The van der Waals surface area contributed by atoms with Gasteiger partial charge in [0.1, 0.15) is 10.9 Å². The molecule has 0 aliphatic rings. The van der Waals surface area contributed by atoms with E-state index in [1.165, 1.54) is 11.8 Å². The first kappa shape index (κ1) is 18.3. The second kappa shape index (κ2) is 7.49. The Kier molecular flexibility index (Phi) is 6.23. The summed E-state index contributed by atoms with van der Waals surface area (Å²) in [6.45, 7) is 10.8. The Labute approximate surface area is 135 Å². The number of aliphatic carboxylic acids is 1. The summed E-state index contributed by atoms with van der Waals surface area (Å²) in [6.07, 6.45) is 0. The molecule has 0 saturated heterocycles. The molecule has 0 amide bonds. The predicted octanol–water partition coefficient (Wildman–Crippen LogP) is 3.83. The molecule has 0 aliphatic heterocycles. The summed E-state index contributed by atoms with van der Waals surface area (Å²) in [5.74, 6) is -1.44. The number of carbonyl (C=O) groups is 2. The van der Waals surface area contributed by atoms with Crippen molar-refractivity contribution in [1.82, 2.24) is 0 Å². The van der Waals surface area contributed by atoms with E-state index in [2.05, 4.69) is 6.58 Å². The van der Waals surface area contributed by atoms with Crippen molar-refractivity contribution < 1.29 is 19.4 Å². The standard InChI is InChI=1S/C17H22O4S/c1-11(16(20)21-17(3,4)5)14(22-12(2)15(18)19)13-9-7-6-8-10-13/h6-10,12,14H,1H2,2-5H3,(H,18,19). The third-order valence-electron chi connectivity index (χ3n) is 2.77. The van der Waals surface area contributed by atoms with E-state index >= 15 is 0 Å². The second-order valence-corrected chi connectivity index (χ2v) is 7.39. The molecule has 2 unspecified atom stereocenters. The number of benzene rings is 1. The van der Waals surface area contributed by atoms with E-state index in [1.807, 2.05) is 30.3 Å². The van der Waals surface area contributed by atoms with E-state index in [0.717, 1.165) is 5.56 Å². The maximum absolute atomic E-state index is 12.2. The summed E-state index contributed by atoms with van der Waals surface area (Å²) in [6, 6.07) is 9.25. The van der Waals surface area contributed by atoms with E-state index in [0.29, 0.717) is 0 Å². The first-order valence-corrected chi connectivity index (χ1v) is 7.91. The lowest BCUT2D eigenvalue weighted by atomic mass is 10.1. The molecule has 0 saturated carbocycles. The van der Waals surface area contributed by atoms with Gasteiger partial charge in [0, 0.05) is 5.57 Å². The molecule has 5 heteroatoms. The van der Waals surface area contributed by atoms with Gasteiger partial charge >= 0.3 is 11.9 Å². The number of hydrogen-bond donors (Lipinski definition) is 1. The molecule has 1 aromatic carbocycles. The zero-order valence-corrected chi connectivity index (χ0v) is 14.1. The van der Waals surface area contributed by atoms with Gasteiger partial charge in [-0.15, -0.1) is 11.8 Å². The number of thioether (sulfide) groups is 1. The smallest absolute Gasteiger partial charge is 0.335 e. The highest BCUT2D eigenvalue weighted by Crippen LogP contribution is 2.38. The molecule has 22 heavy (non-hydrogen) atoms. The summed E-state index contributed by atoms with van der Waals surface area (Å²) in [4.78, 5) is 23.4. The van der Waals surface area contributed by atoms with Crippen LogP contribution in [0.25, 0.3) is 0 Å². The second-order valence-electron chi connectivity index (χ2n) is 5.93. The monoisotopic (exact) mass is 322 g/mol. The first-order chi connectivity index (χ1) is 10.1. The van der Waals surface area contributed by atoms with Crippen molar-refractivity contribution in [3.63, 3.8) is 0 Å². The topological polar surface area (TPSA) is 63.6 Å². The van der Waals surface area contributed by atoms with Gasteiger partial charge in [0.2, 0.25) is 0 Å². The third-order valence-corrected chi connectivity index (χ3v) is 4.21. The Balaban J connectivity index is 3.02. The van der Waals surface area contributed by atoms with Crippen LogP contribution in [0.1, 0.15) is 38.5 Å². The number of carboxylic acid groups (broad SMARTS) is 1.